The van der Waals surface area contributed by atoms with Crippen molar-refractivity contribution in [2.45, 2.75) is 6.92 Å². The van der Waals surface area contributed by atoms with Crippen molar-refractivity contribution < 1.29 is 0 Å². The number of fused-ring (bicyclic) bond motifs is 1. The van der Waals surface area contributed by atoms with Crippen LogP contribution < -0.4 is 4.90 Å². The third kappa shape index (κ3) is 2.67. The van der Waals surface area contributed by atoms with Gasteiger partial charge in [-0.25, -0.2) is 4.98 Å². The third-order valence-electron chi connectivity index (χ3n) is 3.82. The number of anilines is 1. The zero-order chi connectivity index (χ0) is 13.2. The molecule has 0 bridgehead atoms. The van der Waals surface area contributed by atoms with Gasteiger partial charge >= 0.3 is 0 Å². The van der Waals surface area contributed by atoms with Gasteiger partial charge in [0.25, 0.3) is 0 Å². The van der Waals surface area contributed by atoms with Gasteiger partial charge in [-0.15, -0.1) is 0 Å². The second kappa shape index (κ2) is 5.35. The van der Waals surface area contributed by atoms with Gasteiger partial charge < -0.3 is 9.80 Å². The number of hydrogen-bond donors (Lipinski definition) is 0. The number of hydrogen-bond acceptors (Lipinski definition) is 3. The summed E-state index contributed by atoms with van der Waals surface area (Å²) >= 11 is 5.91. The first kappa shape index (κ1) is 12.7. The first-order valence-corrected chi connectivity index (χ1v) is 7.17. The summed E-state index contributed by atoms with van der Waals surface area (Å²) in [5, 5.41) is 1.71. The van der Waals surface area contributed by atoms with Crippen LogP contribution in [0.2, 0.25) is 5.15 Å². The summed E-state index contributed by atoms with van der Waals surface area (Å²) < 4.78 is 0. The molecule has 0 atom stereocenters. The summed E-state index contributed by atoms with van der Waals surface area (Å²) in [7, 11) is 0. The number of rotatable bonds is 2. The molecular weight excluding hydrogens is 258 g/mol. The molecule has 0 amide bonds. The van der Waals surface area contributed by atoms with Crippen molar-refractivity contribution in [3.63, 3.8) is 0 Å². The van der Waals surface area contributed by atoms with Crippen LogP contribution in [0.5, 0.6) is 0 Å². The molecule has 19 heavy (non-hydrogen) atoms. The van der Waals surface area contributed by atoms with E-state index < -0.39 is 0 Å². The van der Waals surface area contributed by atoms with Crippen LogP contribution in [-0.2, 0) is 0 Å². The lowest BCUT2D eigenvalue weighted by molar-refractivity contribution is 0.271. The molecule has 1 aliphatic rings. The van der Waals surface area contributed by atoms with E-state index in [0.717, 1.165) is 43.6 Å². The molecule has 1 aliphatic heterocycles. The molecule has 1 fully saturated rings. The molecule has 1 saturated heterocycles. The number of piperazine rings is 1. The fourth-order valence-electron chi connectivity index (χ4n) is 2.61. The van der Waals surface area contributed by atoms with E-state index in [4.69, 9.17) is 11.6 Å². The van der Waals surface area contributed by atoms with Gasteiger partial charge in [-0.3, -0.25) is 0 Å². The van der Waals surface area contributed by atoms with E-state index in [1.165, 1.54) is 5.69 Å². The Bertz CT molecular complexity index is 577. The minimum absolute atomic E-state index is 0.553. The second-order valence-corrected chi connectivity index (χ2v) is 5.32. The molecule has 100 valence electrons. The van der Waals surface area contributed by atoms with Crippen LogP contribution >= 0.6 is 11.6 Å². The SMILES string of the molecule is CCN1CCN(c2ccc3nc(Cl)ccc3c2)CC1. The smallest absolute Gasteiger partial charge is 0.129 e. The van der Waals surface area contributed by atoms with Gasteiger partial charge in [-0.05, 0) is 36.9 Å². The highest BCUT2D eigenvalue weighted by atomic mass is 35.5. The van der Waals surface area contributed by atoms with Gasteiger partial charge in [-0.2, -0.15) is 0 Å². The number of halogens is 1. The van der Waals surface area contributed by atoms with E-state index in [-0.39, 0.29) is 0 Å². The molecule has 4 heteroatoms. The van der Waals surface area contributed by atoms with Gasteiger partial charge in [0, 0.05) is 37.3 Å². The van der Waals surface area contributed by atoms with E-state index >= 15 is 0 Å². The van der Waals surface area contributed by atoms with Crippen molar-refractivity contribution in [3.05, 3.63) is 35.5 Å². The Morgan fingerprint density at radius 2 is 1.89 bits per heavy atom. The highest BCUT2D eigenvalue weighted by Crippen LogP contribution is 2.23. The minimum Gasteiger partial charge on any atom is -0.369 e. The number of benzene rings is 1. The molecule has 0 spiro atoms. The fraction of sp³-hybridized carbons (Fsp3) is 0.400. The van der Waals surface area contributed by atoms with Crippen LogP contribution in [0.15, 0.2) is 30.3 Å². The van der Waals surface area contributed by atoms with Crippen LogP contribution in [0.1, 0.15) is 6.92 Å². The molecule has 0 saturated carbocycles. The molecule has 1 aromatic heterocycles. The van der Waals surface area contributed by atoms with Crippen molar-refractivity contribution in [1.29, 1.82) is 0 Å². The number of pyridine rings is 1. The Balaban J connectivity index is 1.84. The Kier molecular flexibility index (Phi) is 3.58. The predicted molar refractivity (Wildman–Crippen MR) is 81.1 cm³/mol. The van der Waals surface area contributed by atoms with E-state index in [1.54, 1.807) is 0 Å². The molecule has 1 aromatic carbocycles. The lowest BCUT2D eigenvalue weighted by Crippen LogP contribution is -2.46. The quantitative estimate of drug-likeness (QED) is 0.786. The van der Waals surface area contributed by atoms with Crippen LogP contribution in [0.4, 0.5) is 5.69 Å². The maximum Gasteiger partial charge on any atom is 0.129 e. The van der Waals surface area contributed by atoms with Gasteiger partial charge in [0.15, 0.2) is 0 Å². The maximum atomic E-state index is 5.91. The van der Waals surface area contributed by atoms with E-state index in [2.05, 4.69) is 39.9 Å². The van der Waals surface area contributed by atoms with Crippen molar-refractivity contribution >= 4 is 28.2 Å². The Morgan fingerprint density at radius 1 is 1.11 bits per heavy atom. The number of aromatic nitrogens is 1. The highest BCUT2D eigenvalue weighted by molar-refractivity contribution is 6.29. The predicted octanol–water partition coefficient (Wildman–Crippen LogP) is 3.03. The molecular formula is C15H18ClN3. The second-order valence-electron chi connectivity index (χ2n) is 4.93. The summed E-state index contributed by atoms with van der Waals surface area (Å²) in [5.41, 5.74) is 2.25. The molecule has 2 heterocycles. The lowest BCUT2D eigenvalue weighted by Gasteiger charge is -2.35. The van der Waals surface area contributed by atoms with Crippen molar-refractivity contribution in [1.82, 2.24) is 9.88 Å². The van der Waals surface area contributed by atoms with Gasteiger partial charge in [-0.1, -0.05) is 18.5 Å². The third-order valence-corrected chi connectivity index (χ3v) is 4.03. The van der Waals surface area contributed by atoms with Crippen LogP contribution in [0.25, 0.3) is 10.9 Å². The van der Waals surface area contributed by atoms with Crippen LogP contribution in [-0.4, -0.2) is 42.6 Å². The maximum absolute atomic E-state index is 5.91. The first-order valence-electron chi connectivity index (χ1n) is 6.80. The molecule has 3 nitrogen and oxygen atoms in total. The Labute approximate surface area is 118 Å². The summed E-state index contributed by atoms with van der Waals surface area (Å²) in [6.07, 6.45) is 0. The number of nitrogens with zero attached hydrogens (tertiary/aromatic N) is 3. The number of likely N-dealkylation sites (N-methyl/N-ethyl adjacent to an activating group) is 1. The minimum atomic E-state index is 0.553. The van der Waals surface area contributed by atoms with Crippen LogP contribution in [0, 0.1) is 0 Å². The highest BCUT2D eigenvalue weighted by Gasteiger charge is 2.15. The van der Waals surface area contributed by atoms with Crippen molar-refractivity contribution in [2.24, 2.45) is 0 Å². The van der Waals surface area contributed by atoms with Crippen molar-refractivity contribution in [3.8, 4) is 0 Å². The van der Waals surface area contributed by atoms with E-state index in [9.17, 15) is 0 Å². The first-order chi connectivity index (χ1) is 9.26. The average Bonchev–Trinajstić information content (AvgIpc) is 2.47. The molecule has 0 N–H and O–H groups in total. The van der Waals surface area contributed by atoms with Gasteiger partial charge in [0.1, 0.15) is 5.15 Å². The average molecular weight is 276 g/mol. The summed E-state index contributed by atoms with van der Waals surface area (Å²) in [6, 6.07) is 10.3. The van der Waals surface area contributed by atoms with E-state index in [0.29, 0.717) is 5.15 Å². The topological polar surface area (TPSA) is 19.4 Å². The molecule has 0 aliphatic carbocycles. The van der Waals surface area contributed by atoms with E-state index in [1.807, 2.05) is 12.1 Å². The lowest BCUT2D eigenvalue weighted by atomic mass is 10.1. The Hall–Kier alpha value is -1.32. The monoisotopic (exact) mass is 275 g/mol. The zero-order valence-electron chi connectivity index (χ0n) is 11.1. The normalized spacial score (nSPS) is 17.1. The van der Waals surface area contributed by atoms with Gasteiger partial charge in [0.2, 0.25) is 0 Å². The molecule has 3 rings (SSSR count). The summed E-state index contributed by atoms with van der Waals surface area (Å²) in [6.45, 7) is 7.86. The van der Waals surface area contributed by atoms with Gasteiger partial charge in [0.05, 0.1) is 5.52 Å². The van der Waals surface area contributed by atoms with Crippen LogP contribution in [0.3, 0.4) is 0 Å². The zero-order valence-corrected chi connectivity index (χ0v) is 11.9. The molecule has 0 radical (unpaired) electrons. The summed E-state index contributed by atoms with van der Waals surface area (Å²) in [4.78, 5) is 9.26. The largest absolute Gasteiger partial charge is 0.369 e. The molecule has 0 unspecified atom stereocenters. The fourth-order valence-corrected chi connectivity index (χ4v) is 2.76. The summed E-state index contributed by atoms with van der Waals surface area (Å²) in [5.74, 6) is 0. The van der Waals surface area contributed by atoms with Crippen molar-refractivity contribution in [2.75, 3.05) is 37.6 Å². The molecule has 2 aromatic rings. The Morgan fingerprint density at radius 3 is 2.63 bits per heavy atom. The standard InChI is InChI=1S/C15H18ClN3/c1-2-18-7-9-19(10-8-18)13-4-5-14-12(11-13)3-6-15(16)17-14/h3-6,11H,2,7-10H2,1H3.